The molecule has 1 aromatic carbocycles. The van der Waals surface area contributed by atoms with Gasteiger partial charge in [-0.15, -0.1) is 0 Å². The molecule has 1 atom stereocenters. The van der Waals surface area contributed by atoms with Gasteiger partial charge in [-0.25, -0.2) is 4.98 Å². The average Bonchev–Trinajstić information content (AvgIpc) is 2.71. The highest BCUT2D eigenvalue weighted by Crippen LogP contribution is 2.38. The minimum absolute atomic E-state index is 0.0913. The zero-order valence-corrected chi connectivity index (χ0v) is 13.5. The van der Waals surface area contributed by atoms with Crippen LogP contribution in [0.2, 0.25) is 5.02 Å². The second-order valence-corrected chi connectivity index (χ2v) is 5.89. The van der Waals surface area contributed by atoms with Crippen LogP contribution in [-0.2, 0) is 0 Å². The lowest BCUT2D eigenvalue weighted by molar-refractivity contribution is 0.316. The first kappa shape index (κ1) is 14.9. The van der Waals surface area contributed by atoms with E-state index in [2.05, 4.69) is 15.3 Å². The molecule has 2 heterocycles. The topological polar surface area (TPSA) is 50.3 Å². The number of para-hydroxylation sites is 1. The molecule has 1 N–H and O–H groups in total. The molecule has 6 heteroatoms. The molecule has 0 saturated carbocycles. The third-order valence-corrected chi connectivity index (χ3v) is 3.96. The van der Waals surface area contributed by atoms with Gasteiger partial charge in [0.2, 0.25) is 5.95 Å². The molecule has 116 valence electrons. The van der Waals surface area contributed by atoms with Gasteiger partial charge in [0.15, 0.2) is 0 Å². The summed E-state index contributed by atoms with van der Waals surface area (Å²) in [6.07, 6.45) is 3.66. The van der Waals surface area contributed by atoms with E-state index in [1.165, 1.54) is 0 Å². The SMILES string of the molecule is CN(C)c1ccnc(NC2CCCOc3c(Cl)cccc32)n1. The highest BCUT2D eigenvalue weighted by Gasteiger charge is 2.22. The molecule has 0 saturated heterocycles. The largest absolute Gasteiger partial charge is 0.492 e. The highest BCUT2D eigenvalue weighted by molar-refractivity contribution is 6.32. The molecule has 5 nitrogen and oxygen atoms in total. The van der Waals surface area contributed by atoms with E-state index < -0.39 is 0 Å². The fourth-order valence-corrected chi connectivity index (χ4v) is 2.78. The Morgan fingerprint density at radius 3 is 3.00 bits per heavy atom. The van der Waals surface area contributed by atoms with Crippen LogP contribution in [0.1, 0.15) is 24.4 Å². The Balaban J connectivity index is 1.89. The van der Waals surface area contributed by atoms with E-state index in [4.69, 9.17) is 16.3 Å². The number of halogens is 1. The third kappa shape index (κ3) is 3.09. The van der Waals surface area contributed by atoms with Gasteiger partial charge in [-0.2, -0.15) is 4.98 Å². The Kier molecular flexibility index (Phi) is 4.34. The summed E-state index contributed by atoms with van der Waals surface area (Å²) in [6, 6.07) is 7.81. The number of anilines is 2. The molecule has 0 fully saturated rings. The Bertz CT molecular complexity index is 662. The van der Waals surface area contributed by atoms with Crippen molar-refractivity contribution in [3.8, 4) is 5.75 Å². The smallest absolute Gasteiger partial charge is 0.225 e. The summed E-state index contributed by atoms with van der Waals surface area (Å²) in [7, 11) is 3.92. The number of fused-ring (bicyclic) bond motifs is 1. The monoisotopic (exact) mass is 318 g/mol. The Hall–Kier alpha value is -2.01. The molecule has 0 amide bonds. The minimum atomic E-state index is 0.0913. The fourth-order valence-electron chi connectivity index (χ4n) is 2.54. The van der Waals surface area contributed by atoms with E-state index in [-0.39, 0.29) is 6.04 Å². The van der Waals surface area contributed by atoms with E-state index in [1.54, 1.807) is 6.20 Å². The lowest BCUT2D eigenvalue weighted by atomic mass is 10.0. The summed E-state index contributed by atoms with van der Waals surface area (Å²) in [5.74, 6) is 2.25. The van der Waals surface area contributed by atoms with E-state index in [0.29, 0.717) is 17.6 Å². The van der Waals surface area contributed by atoms with Crippen LogP contribution in [-0.4, -0.2) is 30.7 Å². The number of benzene rings is 1. The molecule has 2 aromatic rings. The molecule has 1 aromatic heterocycles. The fraction of sp³-hybridized carbons (Fsp3) is 0.375. The maximum absolute atomic E-state index is 6.26. The number of hydrogen-bond acceptors (Lipinski definition) is 5. The summed E-state index contributed by atoms with van der Waals surface area (Å²) in [5, 5.41) is 4.06. The van der Waals surface area contributed by atoms with Gasteiger partial charge in [0.1, 0.15) is 11.6 Å². The van der Waals surface area contributed by atoms with Gasteiger partial charge in [0.25, 0.3) is 0 Å². The van der Waals surface area contributed by atoms with Crippen LogP contribution in [0, 0.1) is 0 Å². The summed E-state index contributed by atoms with van der Waals surface area (Å²) < 4.78 is 5.79. The van der Waals surface area contributed by atoms with Gasteiger partial charge in [-0.3, -0.25) is 0 Å². The first-order chi connectivity index (χ1) is 10.6. The predicted molar refractivity (Wildman–Crippen MR) is 88.9 cm³/mol. The Morgan fingerprint density at radius 2 is 2.18 bits per heavy atom. The van der Waals surface area contributed by atoms with Crippen LogP contribution in [0.25, 0.3) is 0 Å². The first-order valence-corrected chi connectivity index (χ1v) is 7.71. The third-order valence-electron chi connectivity index (χ3n) is 3.66. The zero-order chi connectivity index (χ0) is 15.5. The van der Waals surface area contributed by atoms with Crippen LogP contribution in [0.3, 0.4) is 0 Å². The molecule has 0 aliphatic carbocycles. The predicted octanol–water partition coefficient (Wildman–Crippen LogP) is 3.52. The highest BCUT2D eigenvalue weighted by atomic mass is 35.5. The van der Waals surface area contributed by atoms with Gasteiger partial charge in [-0.1, -0.05) is 23.7 Å². The van der Waals surface area contributed by atoms with E-state index >= 15 is 0 Å². The summed E-state index contributed by atoms with van der Waals surface area (Å²) in [5.41, 5.74) is 1.06. The first-order valence-electron chi connectivity index (χ1n) is 7.33. The van der Waals surface area contributed by atoms with Crippen molar-refractivity contribution in [3.63, 3.8) is 0 Å². The van der Waals surface area contributed by atoms with Crippen molar-refractivity contribution in [2.45, 2.75) is 18.9 Å². The van der Waals surface area contributed by atoms with Crippen molar-refractivity contribution in [3.05, 3.63) is 41.0 Å². The maximum atomic E-state index is 6.26. The van der Waals surface area contributed by atoms with Gasteiger partial charge >= 0.3 is 0 Å². The average molecular weight is 319 g/mol. The molecule has 1 aliphatic rings. The lowest BCUT2D eigenvalue weighted by Gasteiger charge is -2.20. The van der Waals surface area contributed by atoms with E-state index in [1.807, 2.05) is 43.3 Å². The molecular formula is C16H19ClN4O. The van der Waals surface area contributed by atoms with Gasteiger partial charge < -0.3 is 15.0 Å². The lowest BCUT2D eigenvalue weighted by Crippen LogP contribution is -2.15. The molecular weight excluding hydrogens is 300 g/mol. The number of nitrogens with one attached hydrogen (secondary N) is 1. The summed E-state index contributed by atoms with van der Waals surface area (Å²) in [4.78, 5) is 10.8. The minimum Gasteiger partial charge on any atom is -0.492 e. The molecule has 0 radical (unpaired) electrons. The van der Waals surface area contributed by atoms with Crippen LogP contribution in [0.4, 0.5) is 11.8 Å². The molecule has 0 spiro atoms. The molecule has 3 rings (SSSR count). The van der Waals surface area contributed by atoms with Crippen LogP contribution >= 0.6 is 11.6 Å². The van der Waals surface area contributed by atoms with Crippen molar-refractivity contribution in [1.29, 1.82) is 0 Å². The quantitative estimate of drug-likeness (QED) is 0.938. The maximum Gasteiger partial charge on any atom is 0.225 e. The zero-order valence-electron chi connectivity index (χ0n) is 12.7. The molecule has 22 heavy (non-hydrogen) atoms. The van der Waals surface area contributed by atoms with Crippen LogP contribution in [0.5, 0.6) is 5.75 Å². The van der Waals surface area contributed by atoms with Crippen LogP contribution in [0.15, 0.2) is 30.5 Å². The second kappa shape index (κ2) is 6.40. The van der Waals surface area contributed by atoms with Crippen molar-refractivity contribution in [2.75, 3.05) is 30.9 Å². The Labute approximate surface area is 135 Å². The summed E-state index contributed by atoms with van der Waals surface area (Å²) >= 11 is 6.26. The standard InChI is InChI=1S/C16H19ClN4O/c1-21(2)14-8-9-18-16(20-14)19-13-7-4-10-22-15-11(13)5-3-6-12(15)17/h3,5-6,8-9,13H,4,7,10H2,1-2H3,(H,18,19,20). The van der Waals surface area contributed by atoms with Crippen molar-refractivity contribution >= 4 is 23.4 Å². The van der Waals surface area contributed by atoms with Crippen molar-refractivity contribution in [2.24, 2.45) is 0 Å². The van der Waals surface area contributed by atoms with Crippen LogP contribution < -0.4 is 15.0 Å². The molecule has 0 bridgehead atoms. The molecule has 1 aliphatic heterocycles. The number of aromatic nitrogens is 2. The summed E-state index contributed by atoms with van der Waals surface area (Å²) in [6.45, 7) is 0.674. The number of ether oxygens (including phenoxy) is 1. The van der Waals surface area contributed by atoms with E-state index in [9.17, 15) is 0 Å². The van der Waals surface area contributed by atoms with Crippen molar-refractivity contribution < 1.29 is 4.74 Å². The Morgan fingerprint density at radius 1 is 1.32 bits per heavy atom. The number of hydrogen-bond donors (Lipinski definition) is 1. The number of rotatable bonds is 3. The van der Waals surface area contributed by atoms with Gasteiger partial charge in [0, 0.05) is 25.9 Å². The van der Waals surface area contributed by atoms with Gasteiger partial charge in [0.05, 0.1) is 17.7 Å². The number of nitrogens with zero attached hydrogens (tertiary/aromatic N) is 3. The molecule has 1 unspecified atom stereocenters. The van der Waals surface area contributed by atoms with Crippen molar-refractivity contribution in [1.82, 2.24) is 9.97 Å². The van der Waals surface area contributed by atoms with E-state index in [0.717, 1.165) is 30.0 Å². The second-order valence-electron chi connectivity index (χ2n) is 5.48. The van der Waals surface area contributed by atoms with Gasteiger partial charge in [-0.05, 0) is 25.0 Å². The normalized spacial score (nSPS) is 17.1.